The molecule has 2 atom stereocenters. The van der Waals surface area contributed by atoms with E-state index < -0.39 is 41.5 Å². The van der Waals surface area contributed by atoms with E-state index in [1.54, 1.807) is 0 Å². The summed E-state index contributed by atoms with van der Waals surface area (Å²) in [7, 11) is 0. The number of thioether (sulfide) groups is 2. The first-order chi connectivity index (χ1) is 15.7. The van der Waals surface area contributed by atoms with Gasteiger partial charge in [-0.2, -0.15) is 14.0 Å². The molecular weight excluding hydrogens is 502 g/mol. The number of allylic oxidation sites excluding steroid dienone is 1. The fourth-order valence-corrected chi connectivity index (χ4v) is 5.64. The Balaban J connectivity index is 1.77. The van der Waals surface area contributed by atoms with Gasteiger partial charge in [-0.25, -0.2) is 9.78 Å². The summed E-state index contributed by atoms with van der Waals surface area (Å²) in [4.78, 5) is 46.0. The van der Waals surface area contributed by atoms with Crippen molar-refractivity contribution in [2.24, 2.45) is 5.16 Å². The largest absolute Gasteiger partial charge is 0.477 e. The molecule has 0 radical (unpaired) electrons. The molecule has 1 aromatic heterocycles. The number of alkyl halides is 2. The molecule has 3 heterocycles. The van der Waals surface area contributed by atoms with Crippen LogP contribution in [0.15, 0.2) is 33.3 Å². The minimum atomic E-state index is -3.29. The normalized spacial score (nSPS) is 20.5. The number of nitrogens with one attached hydrogen (secondary N) is 1. The average Bonchev–Trinajstić information content (AvgIpc) is 3.20. The number of rotatable bonds is 9. The monoisotopic (exact) mass is 516 g/mol. The molecule has 0 bridgehead atoms. The summed E-state index contributed by atoms with van der Waals surface area (Å²) in [5.74, 6) is -2.46. The number of oxime groups is 1. The lowest BCUT2D eigenvalue weighted by Gasteiger charge is -2.49. The minimum absolute atomic E-state index is 0.0579. The smallest absolute Gasteiger partial charge is 0.407 e. The number of β-lactam (4-membered cyclic amide) rings is 1. The van der Waals surface area contributed by atoms with E-state index in [-0.39, 0.29) is 28.0 Å². The van der Waals surface area contributed by atoms with Crippen molar-refractivity contribution in [1.29, 1.82) is 5.26 Å². The number of nitrogens with two attached hydrogens (primary N) is 1. The molecule has 2 aliphatic rings. The fraction of sp³-hybridized carbons (Fsp3) is 0.294. The van der Waals surface area contributed by atoms with Gasteiger partial charge in [0.15, 0.2) is 10.8 Å². The number of carbonyl (C=O) groups is 3. The third kappa shape index (κ3) is 5.43. The number of nitrogens with zero attached hydrogens (tertiary/aromatic N) is 4. The maximum Gasteiger partial charge on any atom is 0.407 e. The molecule has 0 aromatic carbocycles. The topological polar surface area (TPSA) is 171 Å². The molecule has 1 saturated heterocycles. The molecule has 0 aliphatic carbocycles. The van der Waals surface area contributed by atoms with Gasteiger partial charge in [0.1, 0.15) is 22.8 Å². The Morgan fingerprint density at radius 2 is 2.33 bits per heavy atom. The van der Waals surface area contributed by atoms with Gasteiger partial charge in [0.2, 0.25) is 0 Å². The van der Waals surface area contributed by atoms with Crippen LogP contribution in [-0.2, 0) is 19.2 Å². The van der Waals surface area contributed by atoms with E-state index in [4.69, 9.17) is 11.0 Å². The summed E-state index contributed by atoms with van der Waals surface area (Å²) in [5, 5.41) is 25.8. The molecule has 33 heavy (non-hydrogen) atoms. The molecule has 174 valence electrons. The maximum atomic E-state index is 12.7. The van der Waals surface area contributed by atoms with Crippen LogP contribution in [0.2, 0.25) is 0 Å². The van der Waals surface area contributed by atoms with Crippen LogP contribution in [0.3, 0.4) is 0 Å². The average molecular weight is 517 g/mol. The predicted octanol–water partition coefficient (Wildman–Crippen LogP) is 1.18. The number of nitriles is 1. The molecule has 1 fully saturated rings. The van der Waals surface area contributed by atoms with Crippen LogP contribution < -0.4 is 11.1 Å². The third-order valence-corrected chi connectivity index (χ3v) is 7.09. The number of carboxylic acids is 1. The Labute approximate surface area is 197 Å². The molecule has 3 rings (SSSR count). The highest BCUT2D eigenvalue weighted by Crippen LogP contribution is 2.41. The lowest BCUT2D eigenvalue weighted by atomic mass is 10.0. The third-order valence-electron chi connectivity index (χ3n) is 4.24. The summed E-state index contributed by atoms with van der Waals surface area (Å²) in [5.41, 5.74) is 5.09. The number of nitrogen functional groups attached to an aromatic ring is 1. The minimum Gasteiger partial charge on any atom is -0.477 e. The second-order valence-corrected chi connectivity index (χ2v) is 9.13. The van der Waals surface area contributed by atoms with E-state index in [2.05, 4.69) is 20.3 Å². The number of anilines is 1. The molecule has 4 N–H and O–H groups in total. The van der Waals surface area contributed by atoms with Crippen molar-refractivity contribution in [3.05, 3.63) is 33.8 Å². The van der Waals surface area contributed by atoms with Gasteiger partial charge >= 0.3 is 12.6 Å². The highest BCUT2D eigenvalue weighted by Gasteiger charge is 2.54. The number of carbonyl (C=O) groups excluding carboxylic acids is 2. The van der Waals surface area contributed by atoms with E-state index in [9.17, 15) is 28.3 Å². The summed E-state index contributed by atoms with van der Waals surface area (Å²) in [6.45, 7) is -3.29. The zero-order chi connectivity index (χ0) is 24.1. The Kier molecular flexibility index (Phi) is 7.89. The first kappa shape index (κ1) is 24.5. The predicted molar refractivity (Wildman–Crippen MR) is 117 cm³/mol. The lowest BCUT2D eigenvalue weighted by molar-refractivity contribution is -0.150. The molecular formula is C17H14F2N6O5S3. The van der Waals surface area contributed by atoms with Gasteiger partial charge in [-0.3, -0.25) is 14.5 Å². The van der Waals surface area contributed by atoms with Crippen LogP contribution in [0, 0.1) is 11.3 Å². The standard InChI is InChI=1S/C17H14F2N6O5S3/c18-16(19)30-24-9(8-6-33-17(21)22-8)12(26)23-10-13(27)25-11(15(28)29)7(5-32-14(10)25)4-31-3-1-2-20/h1,3,6,10,14,16H,4-5H2,(H2,21,22)(H,23,26)(H,28,29)/b3-1-,24-9?/t10?,14-/m1/s1. The number of aliphatic carboxylic acids is 1. The molecule has 11 nitrogen and oxygen atoms in total. The molecule has 0 saturated carbocycles. The Bertz CT molecular complexity index is 1100. The van der Waals surface area contributed by atoms with Crippen LogP contribution in [0.5, 0.6) is 0 Å². The highest BCUT2D eigenvalue weighted by atomic mass is 32.2. The van der Waals surface area contributed by atoms with Crippen LogP contribution in [0.25, 0.3) is 0 Å². The van der Waals surface area contributed by atoms with Gasteiger partial charge in [0.05, 0.1) is 6.07 Å². The van der Waals surface area contributed by atoms with Crippen molar-refractivity contribution in [3.8, 4) is 6.07 Å². The van der Waals surface area contributed by atoms with Crippen molar-refractivity contribution in [1.82, 2.24) is 15.2 Å². The van der Waals surface area contributed by atoms with E-state index in [1.807, 2.05) is 6.07 Å². The van der Waals surface area contributed by atoms with Crippen molar-refractivity contribution < 1.29 is 33.1 Å². The molecule has 1 aromatic rings. The zero-order valence-corrected chi connectivity index (χ0v) is 18.8. The van der Waals surface area contributed by atoms with Gasteiger partial charge in [-0.15, -0.1) is 34.9 Å². The van der Waals surface area contributed by atoms with E-state index in [0.29, 0.717) is 5.57 Å². The quantitative estimate of drug-likeness (QED) is 0.187. The first-order valence-corrected chi connectivity index (χ1v) is 11.8. The zero-order valence-electron chi connectivity index (χ0n) is 16.3. The number of thiazole rings is 1. The Morgan fingerprint density at radius 3 is 2.94 bits per heavy atom. The van der Waals surface area contributed by atoms with Crippen LogP contribution >= 0.6 is 34.9 Å². The van der Waals surface area contributed by atoms with Crippen molar-refractivity contribution in [2.75, 3.05) is 17.2 Å². The summed E-state index contributed by atoms with van der Waals surface area (Å²) in [6.07, 6.45) is 1.25. The fourth-order valence-electron chi connectivity index (χ4n) is 2.92. The number of fused-ring (bicyclic) bond motifs is 1. The van der Waals surface area contributed by atoms with Gasteiger partial charge in [-0.05, 0) is 11.0 Å². The van der Waals surface area contributed by atoms with Crippen molar-refractivity contribution >= 4 is 63.5 Å². The van der Waals surface area contributed by atoms with Crippen LogP contribution in [-0.4, -0.2) is 68.0 Å². The number of aromatic nitrogens is 1. The second-order valence-electron chi connectivity index (χ2n) is 6.24. The Hall–Kier alpha value is -3.16. The van der Waals surface area contributed by atoms with Gasteiger partial charge in [-0.1, -0.05) is 5.16 Å². The molecule has 2 amide bonds. The van der Waals surface area contributed by atoms with Crippen molar-refractivity contribution in [3.63, 3.8) is 0 Å². The van der Waals surface area contributed by atoms with Crippen LogP contribution in [0.1, 0.15) is 5.69 Å². The van der Waals surface area contributed by atoms with Gasteiger partial charge in [0.25, 0.3) is 11.8 Å². The lowest BCUT2D eigenvalue weighted by Crippen LogP contribution is -2.71. The summed E-state index contributed by atoms with van der Waals surface area (Å²) in [6, 6.07) is 0.707. The maximum absolute atomic E-state index is 12.7. The number of hydrogen-bond acceptors (Lipinski definition) is 11. The van der Waals surface area contributed by atoms with Gasteiger partial charge in [0, 0.05) is 23.0 Å². The van der Waals surface area contributed by atoms with Crippen molar-refractivity contribution in [2.45, 2.75) is 18.0 Å². The number of halogens is 2. The SMILES string of the molecule is N#C/C=C\SCC1=C(C(=O)O)N2C(=O)C(NC(=O)C(=NOC(F)F)c3csc(N)n3)[C@H]2SC1. The molecule has 0 spiro atoms. The molecule has 16 heteroatoms. The second kappa shape index (κ2) is 10.6. The molecule has 1 unspecified atom stereocenters. The number of carboxylic acid groups (broad SMARTS) is 1. The Morgan fingerprint density at radius 1 is 1.58 bits per heavy atom. The summed E-state index contributed by atoms with van der Waals surface area (Å²) >= 11 is 3.38. The van der Waals surface area contributed by atoms with Crippen LogP contribution in [0.4, 0.5) is 13.9 Å². The number of amides is 2. The highest BCUT2D eigenvalue weighted by molar-refractivity contribution is 8.02. The van der Waals surface area contributed by atoms with Gasteiger partial charge < -0.3 is 21.0 Å². The molecule has 2 aliphatic heterocycles. The van der Waals surface area contributed by atoms with E-state index >= 15 is 0 Å². The summed E-state index contributed by atoms with van der Waals surface area (Å²) < 4.78 is 24.9. The first-order valence-electron chi connectivity index (χ1n) is 8.85. The number of hydrogen-bond donors (Lipinski definition) is 3. The van der Waals surface area contributed by atoms with E-state index in [1.165, 1.54) is 40.4 Å². The van der Waals surface area contributed by atoms with E-state index in [0.717, 1.165) is 16.2 Å².